The van der Waals surface area contributed by atoms with E-state index in [1.807, 2.05) is 53.4 Å². The first-order chi connectivity index (χ1) is 15.2. The van der Waals surface area contributed by atoms with Crippen LogP contribution in [0, 0.1) is 11.3 Å². The van der Waals surface area contributed by atoms with Gasteiger partial charge in [0.2, 0.25) is 0 Å². The zero-order valence-electron chi connectivity index (χ0n) is 17.7. The van der Waals surface area contributed by atoms with E-state index in [4.69, 9.17) is 5.26 Å². The fraction of sp³-hybridized carbons (Fsp3) is 0.259. The van der Waals surface area contributed by atoms with Gasteiger partial charge >= 0.3 is 0 Å². The lowest BCUT2D eigenvalue weighted by molar-refractivity contribution is 0.0627. The molecule has 0 N–H and O–H groups in total. The molecule has 0 aromatic heterocycles. The standard InChI is InChI=1S/C27H27N3O/c28-20-23-10-12-24(13-11-23)21-29-16-18-30(19-17-29)27(31)26-9-5-4-8-25(26)15-14-22-6-2-1-3-7-22/h1-13H,14-19,21H2. The summed E-state index contributed by atoms with van der Waals surface area (Å²) in [6.07, 6.45) is 1.80. The third kappa shape index (κ3) is 5.39. The number of benzene rings is 3. The number of hydrogen-bond acceptors (Lipinski definition) is 3. The van der Waals surface area contributed by atoms with Crippen LogP contribution in [0.4, 0.5) is 0 Å². The maximum absolute atomic E-state index is 13.2. The lowest BCUT2D eigenvalue weighted by Gasteiger charge is -2.35. The summed E-state index contributed by atoms with van der Waals surface area (Å²) in [5, 5.41) is 8.94. The Bertz CT molecular complexity index is 1050. The monoisotopic (exact) mass is 409 g/mol. The van der Waals surface area contributed by atoms with Crippen molar-refractivity contribution >= 4 is 5.91 Å². The first-order valence-electron chi connectivity index (χ1n) is 10.9. The Hall–Kier alpha value is -3.42. The van der Waals surface area contributed by atoms with Gasteiger partial charge in [0.1, 0.15) is 0 Å². The molecule has 3 aromatic rings. The van der Waals surface area contributed by atoms with Gasteiger partial charge in [-0.3, -0.25) is 9.69 Å². The van der Waals surface area contributed by atoms with Gasteiger partial charge in [0.05, 0.1) is 11.6 Å². The van der Waals surface area contributed by atoms with E-state index in [1.54, 1.807) is 0 Å². The number of rotatable bonds is 6. The Morgan fingerprint density at radius 1 is 0.774 bits per heavy atom. The van der Waals surface area contributed by atoms with Gasteiger partial charge in [-0.15, -0.1) is 0 Å². The largest absolute Gasteiger partial charge is 0.336 e. The highest BCUT2D eigenvalue weighted by molar-refractivity contribution is 5.95. The molecule has 4 rings (SSSR count). The first-order valence-corrected chi connectivity index (χ1v) is 10.9. The SMILES string of the molecule is N#Cc1ccc(CN2CCN(C(=O)c3ccccc3CCc3ccccc3)CC2)cc1. The smallest absolute Gasteiger partial charge is 0.254 e. The molecule has 0 radical (unpaired) electrons. The molecular formula is C27H27N3O. The van der Waals surface area contributed by atoms with Crippen LogP contribution >= 0.6 is 0 Å². The van der Waals surface area contributed by atoms with E-state index in [9.17, 15) is 4.79 Å². The second-order valence-electron chi connectivity index (χ2n) is 8.02. The van der Waals surface area contributed by atoms with Gasteiger partial charge in [0, 0.05) is 38.3 Å². The fourth-order valence-corrected chi connectivity index (χ4v) is 4.09. The maximum Gasteiger partial charge on any atom is 0.254 e. The molecular weight excluding hydrogens is 382 g/mol. The minimum Gasteiger partial charge on any atom is -0.336 e. The molecule has 0 bridgehead atoms. The van der Waals surface area contributed by atoms with Gasteiger partial charge < -0.3 is 4.90 Å². The van der Waals surface area contributed by atoms with Gasteiger partial charge in [-0.05, 0) is 47.7 Å². The minimum absolute atomic E-state index is 0.140. The number of nitrogens with zero attached hydrogens (tertiary/aromatic N) is 3. The molecule has 1 amide bonds. The molecule has 0 unspecified atom stereocenters. The summed E-state index contributed by atoms with van der Waals surface area (Å²) in [7, 11) is 0. The average Bonchev–Trinajstić information content (AvgIpc) is 2.84. The number of piperazine rings is 1. The topological polar surface area (TPSA) is 47.3 Å². The van der Waals surface area contributed by atoms with Crippen molar-refractivity contribution in [2.75, 3.05) is 26.2 Å². The minimum atomic E-state index is 0.140. The van der Waals surface area contributed by atoms with Crippen LogP contribution in [0.1, 0.15) is 32.6 Å². The predicted octanol–water partition coefficient (Wildman–Crippen LogP) is 4.30. The number of aryl methyl sites for hydroxylation is 2. The van der Waals surface area contributed by atoms with E-state index in [0.717, 1.165) is 56.7 Å². The van der Waals surface area contributed by atoms with Crippen LogP contribution in [0.2, 0.25) is 0 Å². The van der Waals surface area contributed by atoms with E-state index < -0.39 is 0 Å². The molecule has 156 valence electrons. The number of hydrogen-bond donors (Lipinski definition) is 0. The van der Waals surface area contributed by atoms with Crippen LogP contribution in [0.25, 0.3) is 0 Å². The van der Waals surface area contributed by atoms with Crippen LogP contribution in [-0.2, 0) is 19.4 Å². The Morgan fingerprint density at radius 2 is 1.45 bits per heavy atom. The van der Waals surface area contributed by atoms with Crippen molar-refractivity contribution < 1.29 is 4.79 Å². The highest BCUT2D eigenvalue weighted by Crippen LogP contribution is 2.17. The predicted molar refractivity (Wildman–Crippen MR) is 123 cm³/mol. The normalized spacial score (nSPS) is 14.2. The highest BCUT2D eigenvalue weighted by atomic mass is 16.2. The number of carbonyl (C=O) groups excluding carboxylic acids is 1. The van der Waals surface area contributed by atoms with Crippen molar-refractivity contribution in [1.82, 2.24) is 9.80 Å². The lowest BCUT2D eigenvalue weighted by atomic mass is 9.99. The Balaban J connectivity index is 1.34. The second-order valence-corrected chi connectivity index (χ2v) is 8.02. The summed E-state index contributed by atoms with van der Waals surface area (Å²) in [5.74, 6) is 0.140. The molecule has 0 saturated carbocycles. The molecule has 0 atom stereocenters. The number of amides is 1. The van der Waals surface area contributed by atoms with Gasteiger partial charge in [-0.25, -0.2) is 0 Å². The summed E-state index contributed by atoms with van der Waals surface area (Å²) in [6.45, 7) is 4.04. The van der Waals surface area contributed by atoms with Crippen LogP contribution < -0.4 is 0 Å². The zero-order valence-corrected chi connectivity index (χ0v) is 17.7. The van der Waals surface area contributed by atoms with Gasteiger partial charge in [0.25, 0.3) is 5.91 Å². The fourth-order valence-electron chi connectivity index (χ4n) is 4.09. The first kappa shape index (κ1) is 20.8. The molecule has 4 heteroatoms. The van der Waals surface area contributed by atoms with Crippen LogP contribution in [0.3, 0.4) is 0 Å². The maximum atomic E-state index is 13.2. The lowest BCUT2D eigenvalue weighted by Crippen LogP contribution is -2.48. The summed E-state index contributed by atoms with van der Waals surface area (Å²) in [6, 6.07) is 28.4. The molecule has 0 aliphatic carbocycles. The number of carbonyl (C=O) groups is 1. The molecule has 1 heterocycles. The van der Waals surface area contributed by atoms with E-state index in [2.05, 4.69) is 41.3 Å². The molecule has 1 aliphatic heterocycles. The van der Waals surface area contributed by atoms with Crippen LogP contribution in [0.15, 0.2) is 78.9 Å². The second kappa shape index (κ2) is 10.1. The van der Waals surface area contributed by atoms with Crippen molar-refractivity contribution in [2.45, 2.75) is 19.4 Å². The summed E-state index contributed by atoms with van der Waals surface area (Å²) < 4.78 is 0. The molecule has 3 aromatic carbocycles. The highest BCUT2D eigenvalue weighted by Gasteiger charge is 2.23. The van der Waals surface area contributed by atoms with Crippen LogP contribution in [-0.4, -0.2) is 41.9 Å². The van der Waals surface area contributed by atoms with Crippen molar-refractivity contribution in [3.05, 3.63) is 107 Å². The quantitative estimate of drug-likeness (QED) is 0.610. The molecule has 1 saturated heterocycles. The molecule has 1 fully saturated rings. The Kier molecular flexibility index (Phi) is 6.76. The number of nitriles is 1. The van der Waals surface area contributed by atoms with E-state index >= 15 is 0 Å². The van der Waals surface area contributed by atoms with Crippen LogP contribution in [0.5, 0.6) is 0 Å². The average molecular weight is 410 g/mol. The van der Waals surface area contributed by atoms with Crippen molar-refractivity contribution in [3.8, 4) is 6.07 Å². The molecule has 1 aliphatic rings. The Morgan fingerprint density at radius 3 is 2.16 bits per heavy atom. The van der Waals surface area contributed by atoms with Crippen molar-refractivity contribution in [1.29, 1.82) is 5.26 Å². The van der Waals surface area contributed by atoms with Gasteiger partial charge in [0.15, 0.2) is 0 Å². The van der Waals surface area contributed by atoms with Crippen molar-refractivity contribution in [2.24, 2.45) is 0 Å². The molecule has 0 spiro atoms. The zero-order chi connectivity index (χ0) is 21.5. The molecule has 31 heavy (non-hydrogen) atoms. The van der Waals surface area contributed by atoms with Gasteiger partial charge in [-0.2, -0.15) is 5.26 Å². The van der Waals surface area contributed by atoms with Crippen molar-refractivity contribution in [3.63, 3.8) is 0 Å². The summed E-state index contributed by atoms with van der Waals surface area (Å²) in [5.41, 5.74) is 5.13. The van der Waals surface area contributed by atoms with E-state index in [1.165, 1.54) is 11.1 Å². The summed E-state index contributed by atoms with van der Waals surface area (Å²) >= 11 is 0. The van der Waals surface area contributed by atoms with Gasteiger partial charge in [-0.1, -0.05) is 60.7 Å². The summed E-state index contributed by atoms with van der Waals surface area (Å²) in [4.78, 5) is 17.6. The third-order valence-corrected chi connectivity index (χ3v) is 5.92. The molecule has 4 nitrogen and oxygen atoms in total. The third-order valence-electron chi connectivity index (χ3n) is 5.92. The van der Waals surface area contributed by atoms with E-state index in [-0.39, 0.29) is 5.91 Å². The Labute approximate surface area is 184 Å². The van der Waals surface area contributed by atoms with E-state index in [0.29, 0.717) is 5.56 Å².